The number of carbonyl (C=O) groups is 1. The molecule has 104 valence electrons. The monoisotopic (exact) mass is 341 g/mol. The zero-order valence-electron chi connectivity index (χ0n) is 11.0. The van der Waals surface area contributed by atoms with E-state index in [4.69, 9.17) is 5.73 Å². The van der Waals surface area contributed by atoms with E-state index >= 15 is 0 Å². The smallest absolute Gasteiger partial charge is 0.156 e. The lowest BCUT2D eigenvalue weighted by molar-refractivity contribution is 0.112. The highest BCUT2D eigenvalue weighted by atomic mass is 79.9. The Kier molecular flexibility index (Phi) is 3.58. The third kappa shape index (κ3) is 2.48. The number of rotatable bonds is 3. The van der Waals surface area contributed by atoms with E-state index in [0.717, 1.165) is 22.0 Å². The van der Waals surface area contributed by atoms with Crippen molar-refractivity contribution in [2.45, 2.75) is 0 Å². The van der Waals surface area contributed by atoms with Gasteiger partial charge >= 0.3 is 0 Å². The van der Waals surface area contributed by atoms with Gasteiger partial charge in [-0.05, 0) is 24.3 Å². The van der Waals surface area contributed by atoms with Gasteiger partial charge in [0.2, 0.25) is 0 Å². The third-order valence-corrected chi connectivity index (χ3v) is 3.72. The SMILES string of the molecule is Nc1c(C=O)c(-c2ccc(Br)cc2)nn1-c1ccccc1. The highest BCUT2D eigenvalue weighted by Gasteiger charge is 2.17. The second-order valence-electron chi connectivity index (χ2n) is 4.52. The summed E-state index contributed by atoms with van der Waals surface area (Å²) < 4.78 is 2.55. The quantitative estimate of drug-likeness (QED) is 0.739. The van der Waals surface area contributed by atoms with Gasteiger partial charge in [0.05, 0.1) is 11.3 Å². The number of para-hydroxylation sites is 1. The van der Waals surface area contributed by atoms with Crippen LogP contribution in [0, 0.1) is 0 Å². The Morgan fingerprint density at radius 1 is 1.05 bits per heavy atom. The molecule has 0 aliphatic rings. The number of anilines is 1. The summed E-state index contributed by atoms with van der Waals surface area (Å²) in [7, 11) is 0. The zero-order valence-corrected chi connectivity index (χ0v) is 12.6. The fraction of sp³-hybridized carbons (Fsp3) is 0. The number of halogens is 1. The maximum Gasteiger partial charge on any atom is 0.156 e. The minimum Gasteiger partial charge on any atom is -0.383 e. The van der Waals surface area contributed by atoms with Gasteiger partial charge in [0.25, 0.3) is 0 Å². The lowest BCUT2D eigenvalue weighted by Crippen LogP contribution is -2.02. The molecule has 1 aromatic heterocycles. The standard InChI is InChI=1S/C16H12BrN3O/c17-12-8-6-11(7-9-12)15-14(10-21)16(18)20(19-15)13-4-2-1-3-5-13/h1-10H,18H2. The topological polar surface area (TPSA) is 60.9 Å². The fourth-order valence-corrected chi connectivity index (χ4v) is 2.41. The highest BCUT2D eigenvalue weighted by molar-refractivity contribution is 9.10. The molecule has 0 atom stereocenters. The second-order valence-corrected chi connectivity index (χ2v) is 5.44. The minimum absolute atomic E-state index is 0.342. The average molecular weight is 342 g/mol. The molecule has 0 spiro atoms. The van der Waals surface area contributed by atoms with E-state index in [9.17, 15) is 4.79 Å². The zero-order chi connectivity index (χ0) is 14.8. The van der Waals surface area contributed by atoms with Crippen LogP contribution in [0.25, 0.3) is 16.9 Å². The Balaban J connectivity index is 2.18. The molecule has 0 radical (unpaired) electrons. The number of hydrogen-bond donors (Lipinski definition) is 1. The summed E-state index contributed by atoms with van der Waals surface area (Å²) in [4.78, 5) is 11.4. The van der Waals surface area contributed by atoms with Crippen molar-refractivity contribution in [1.29, 1.82) is 0 Å². The molecule has 3 rings (SSSR count). The van der Waals surface area contributed by atoms with Crippen LogP contribution in [0.1, 0.15) is 10.4 Å². The van der Waals surface area contributed by atoms with E-state index in [1.165, 1.54) is 0 Å². The lowest BCUT2D eigenvalue weighted by Gasteiger charge is -2.02. The van der Waals surface area contributed by atoms with Crippen LogP contribution >= 0.6 is 15.9 Å². The second kappa shape index (κ2) is 5.54. The number of nitrogens with zero attached hydrogens (tertiary/aromatic N) is 2. The molecule has 0 amide bonds. The van der Waals surface area contributed by atoms with Crippen LogP contribution < -0.4 is 5.73 Å². The van der Waals surface area contributed by atoms with Gasteiger partial charge in [0.15, 0.2) is 6.29 Å². The van der Waals surface area contributed by atoms with Crippen molar-refractivity contribution in [1.82, 2.24) is 9.78 Å². The average Bonchev–Trinajstić information content (AvgIpc) is 2.85. The molecular weight excluding hydrogens is 330 g/mol. The van der Waals surface area contributed by atoms with Crippen LogP contribution in [0.3, 0.4) is 0 Å². The molecule has 0 aliphatic carbocycles. The van der Waals surface area contributed by atoms with Gasteiger partial charge in [-0.25, -0.2) is 4.68 Å². The number of carbonyl (C=O) groups excluding carboxylic acids is 1. The number of nitrogens with two attached hydrogens (primary N) is 1. The first-order chi connectivity index (χ1) is 10.2. The van der Waals surface area contributed by atoms with Crippen LogP contribution in [0.15, 0.2) is 59.1 Å². The molecule has 0 bridgehead atoms. The molecule has 0 saturated heterocycles. The minimum atomic E-state index is 0.342. The van der Waals surface area contributed by atoms with Gasteiger partial charge in [0.1, 0.15) is 11.5 Å². The van der Waals surface area contributed by atoms with E-state index in [1.54, 1.807) is 4.68 Å². The maximum atomic E-state index is 11.4. The van der Waals surface area contributed by atoms with Crippen molar-refractivity contribution in [3.05, 3.63) is 64.6 Å². The van der Waals surface area contributed by atoms with E-state index in [0.29, 0.717) is 17.1 Å². The number of aromatic nitrogens is 2. The number of nitrogen functional groups attached to an aromatic ring is 1. The molecule has 3 aromatic rings. The number of hydrogen-bond acceptors (Lipinski definition) is 3. The van der Waals surface area contributed by atoms with Gasteiger partial charge in [0, 0.05) is 10.0 Å². The molecule has 0 aliphatic heterocycles. The van der Waals surface area contributed by atoms with Gasteiger partial charge in [-0.15, -0.1) is 0 Å². The van der Waals surface area contributed by atoms with Crippen LogP contribution in [0.2, 0.25) is 0 Å². The molecule has 0 saturated carbocycles. The number of aldehydes is 1. The molecule has 2 aromatic carbocycles. The molecule has 0 unspecified atom stereocenters. The predicted octanol–water partition coefficient (Wildman–Crippen LogP) is 3.70. The lowest BCUT2D eigenvalue weighted by atomic mass is 10.1. The van der Waals surface area contributed by atoms with Crippen LogP contribution in [0.4, 0.5) is 5.82 Å². The third-order valence-electron chi connectivity index (χ3n) is 3.20. The summed E-state index contributed by atoms with van der Waals surface area (Å²) in [6.07, 6.45) is 0.749. The molecule has 4 nitrogen and oxygen atoms in total. The first-order valence-electron chi connectivity index (χ1n) is 6.35. The normalized spacial score (nSPS) is 10.5. The Morgan fingerprint density at radius 3 is 2.33 bits per heavy atom. The van der Waals surface area contributed by atoms with Crippen LogP contribution in [0.5, 0.6) is 0 Å². The molecule has 0 fully saturated rings. The Labute approximate surface area is 130 Å². The largest absolute Gasteiger partial charge is 0.383 e. The van der Waals surface area contributed by atoms with Crippen molar-refractivity contribution in [3.63, 3.8) is 0 Å². The Bertz CT molecular complexity index is 779. The summed E-state index contributed by atoms with van der Waals surface area (Å²) in [5, 5.41) is 4.50. The fourth-order valence-electron chi connectivity index (χ4n) is 2.15. The molecule has 21 heavy (non-hydrogen) atoms. The summed E-state index contributed by atoms with van der Waals surface area (Å²) >= 11 is 3.39. The molecule has 5 heteroatoms. The van der Waals surface area contributed by atoms with Crippen LogP contribution in [-0.4, -0.2) is 16.1 Å². The summed E-state index contributed by atoms with van der Waals surface area (Å²) in [6.45, 7) is 0. The maximum absolute atomic E-state index is 11.4. The summed E-state index contributed by atoms with van der Waals surface area (Å²) in [5.41, 5.74) is 8.73. The van der Waals surface area contributed by atoms with Gasteiger partial charge in [-0.2, -0.15) is 5.10 Å². The van der Waals surface area contributed by atoms with Crippen molar-refractivity contribution >= 4 is 28.0 Å². The number of benzene rings is 2. The Hall–Kier alpha value is -2.40. The van der Waals surface area contributed by atoms with Crippen molar-refractivity contribution < 1.29 is 4.79 Å². The summed E-state index contributed by atoms with van der Waals surface area (Å²) in [5.74, 6) is 0.342. The van der Waals surface area contributed by atoms with Gasteiger partial charge in [-0.1, -0.05) is 46.3 Å². The Morgan fingerprint density at radius 2 is 1.71 bits per heavy atom. The van der Waals surface area contributed by atoms with Gasteiger partial charge < -0.3 is 5.73 Å². The molecule has 1 heterocycles. The highest BCUT2D eigenvalue weighted by Crippen LogP contribution is 2.28. The van der Waals surface area contributed by atoms with Crippen molar-refractivity contribution in [3.8, 4) is 16.9 Å². The molecule has 2 N–H and O–H groups in total. The predicted molar refractivity (Wildman–Crippen MR) is 86.5 cm³/mol. The van der Waals surface area contributed by atoms with Crippen molar-refractivity contribution in [2.75, 3.05) is 5.73 Å². The molecular formula is C16H12BrN3O. The van der Waals surface area contributed by atoms with Crippen LogP contribution in [-0.2, 0) is 0 Å². The van der Waals surface area contributed by atoms with E-state index in [2.05, 4.69) is 21.0 Å². The van der Waals surface area contributed by atoms with E-state index in [1.807, 2.05) is 54.6 Å². The summed E-state index contributed by atoms with van der Waals surface area (Å²) in [6, 6.07) is 17.1. The van der Waals surface area contributed by atoms with Gasteiger partial charge in [-0.3, -0.25) is 4.79 Å². The first-order valence-corrected chi connectivity index (χ1v) is 7.15. The van der Waals surface area contributed by atoms with E-state index < -0.39 is 0 Å². The van der Waals surface area contributed by atoms with E-state index in [-0.39, 0.29) is 0 Å². The first kappa shape index (κ1) is 13.6. The van der Waals surface area contributed by atoms with Crippen molar-refractivity contribution in [2.24, 2.45) is 0 Å².